The first-order chi connectivity index (χ1) is 11.6. The molecule has 1 aliphatic rings. The van der Waals surface area contributed by atoms with Gasteiger partial charge in [-0.1, -0.05) is 22.8 Å². The number of fused-ring (bicyclic) bond motifs is 1. The zero-order valence-electron chi connectivity index (χ0n) is 13.6. The lowest BCUT2D eigenvalue weighted by Gasteiger charge is -2.37. The Morgan fingerprint density at radius 3 is 2.54 bits per heavy atom. The molecule has 0 aliphatic carbocycles. The molecule has 24 heavy (non-hydrogen) atoms. The van der Waals surface area contributed by atoms with Crippen molar-refractivity contribution in [1.82, 2.24) is 25.0 Å². The normalized spacial score (nSPS) is 15.3. The molecule has 1 fully saturated rings. The van der Waals surface area contributed by atoms with Gasteiger partial charge in [0.2, 0.25) is 0 Å². The minimum atomic E-state index is 0.540. The second kappa shape index (κ2) is 5.90. The van der Waals surface area contributed by atoms with Crippen LogP contribution in [-0.2, 0) is 0 Å². The van der Waals surface area contributed by atoms with E-state index in [1.54, 1.807) is 4.52 Å². The first-order valence-electron chi connectivity index (χ1n) is 7.93. The molecular weight excluding hydrogens is 326 g/mol. The van der Waals surface area contributed by atoms with Crippen molar-refractivity contribution < 1.29 is 0 Å². The summed E-state index contributed by atoms with van der Waals surface area (Å²) in [4.78, 5) is 9.03. The summed E-state index contributed by atoms with van der Waals surface area (Å²) in [5, 5.41) is 12.5. The van der Waals surface area contributed by atoms with Gasteiger partial charge in [0.1, 0.15) is 5.82 Å². The number of benzene rings is 1. The van der Waals surface area contributed by atoms with Crippen LogP contribution in [0.3, 0.4) is 0 Å². The van der Waals surface area contributed by atoms with Gasteiger partial charge in [-0.15, -0.1) is 0 Å². The predicted octanol–water partition coefficient (Wildman–Crippen LogP) is 2.12. The van der Waals surface area contributed by atoms with Crippen LogP contribution in [0.1, 0.15) is 11.3 Å². The second-order valence-corrected chi connectivity index (χ2v) is 6.49. The SMILES string of the molecule is Cc1cc(N2CCN(c3cc(Cl)ccc3C)CC2)n2nnnc2n1. The fourth-order valence-corrected chi connectivity index (χ4v) is 3.33. The number of anilines is 2. The highest BCUT2D eigenvalue weighted by molar-refractivity contribution is 6.30. The standard InChI is InChI=1S/C16H18ClN7/c1-11-3-4-13(17)10-14(11)22-5-7-23(8-6-22)15-9-12(2)18-16-19-20-21-24(15)16/h3-4,9-10H,5-8H2,1-2H3. The van der Waals surface area contributed by atoms with Gasteiger partial charge in [-0.05, 0) is 42.0 Å². The van der Waals surface area contributed by atoms with E-state index in [4.69, 9.17) is 11.6 Å². The summed E-state index contributed by atoms with van der Waals surface area (Å²) in [7, 11) is 0. The molecule has 0 bridgehead atoms. The smallest absolute Gasteiger partial charge is 0.275 e. The van der Waals surface area contributed by atoms with Crippen LogP contribution < -0.4 is 9.80 Å². The number of halogens is 1. The van der Waals surface area contributed by atoms with E-state index in [0.29, 0.717) is 5.78 Å². The molecule has 124 valence electrons. The molecule has 0 atom stereocenters. The molecule has 3 aromatic rings. The second-order valence-electron chi connectivity index (χ2n) is 6.05. The molecule has 3 heterocycles. The van der Waals surface area contributed by atoms with E-state index < -0.39 is 0 Å². The van der Waals surface area contributed by atoms with Crippen LogP contribution in [0.25, 0.3) is 5.78 Å². The van der Waals surface area contributed by atoms with Crippen molar-refractivity contribution in [2.45, 2.75) is 13.8 Å². The van der Waals surface area contributed by atoms with Crippen LogP contribution in [0.15, 0.2) is 24.3 Å². The Kier molecular flexibility index (Phi) is 3.72. The average Bonchev–Trinajstić information content (AvgIpc) is 3.05. The van der Waals surface area contributed by atoms with E-state index in [2.05, 4.69) is 43.3 Å². The Hall–Kier alpha value is -2.41. The third kappa shape index (κ3) is 2.65. The molecule has 0 spiro atoms. The monoisotopic (exact) mass is 343 g/mol. The maximum absolute atomic E-state index is 6.16. The Morgan fingerprint density at radius 2 is 1.75 bits per heavy atom. The summed E-state index contributed by atoms with van der Waals surface area (Å²) >= 11 is 6.16. The minimum Gasteiger partial charge on any atom is -0.368 e. The summed E-state index contributed by atoms with van der Waals surface area (Å²) in [6.07, 6.45) is 0. The zero-order chi connectivity index (χ0) is 16.7. The Labute approximate surface area is 144 Å². The molecule has 0 radical (unpaired) electrons. The maximum Gasteiger partial charge on any atom is 0.275 e. The van der Waals surface area contributed by atoms with Crippen molar-refractivity contribution >= 4 is 28.9 Å². The van der Waals surface area contributed by atoms with Gasteiger partial charge in [-0.25, -0.2) is 4.98 Å². The van der Waals surface area contributed by atoms with Crippen LogP contribution in [0.2, 0.25) is 5.02 Å². The fourth-order valence-electron chi connectivity index (χ4n) is 3.16. The molecule has 1 aliphatic heterocycles. The van der Waals surface area contributed by atoms with Crippen molar-refractivity contribution in [3.05, 3.63) is 40.5 Å². The zero-order valence-corrected chi connectivity index (χ0v) is 14.4. The molecule has 4 rings (SSSR count). The quantitative estimate of drug-likeness (QED) is 0.710. The van der Waals surface area contributed by atoms with Crippen molar-refractivity contribution in [3.63, 3.8) is 0 Å². The molecule has 0 saturated carbocycles. The van der Waals surface area contributed by atoms with E-state index >= 15 is 0 Å². The van der Waals surface area contributed by atoms with Gasteiger partial charge < -0.3 is 9.80 Å². The van der Waals surface area contributed by atoms with E-state index in [-0.39, 0.29) is 0 Å². The van der Waals surface area contributed by atoms with Crippen molar-refractivity contribution in [3.8, 4) is 0 Å². The summed E-state index contributed by atoms with van der Waals surface area (Å²) in [6, 6.07) is 8.08. The Morgan fingerprint density at radius 1 is 1.00 bits per heavy atom. The van der Waals surface area contributed by atoms with Gasteiger partial charge in [0.15, 0.2) is 0 Å². The van der Waals surface area contributed by atoms with Crippen LogP contribution >= 0.6 is 11.6 Å². The Bertz CT molecular complexity index is 883. The molecule has 2 aromatic heterocycles. The van der Waals surface area contributed by atoms with Crippen LogP contribution in [0.4, 0.5) is 11.5 Å². The first kappa shape index (κ1) is 15.1. The number of aryl methyl sites for hydroxylation is 2. The van der Waals surface area contributed by atoms with Gasteiger partial charge in [0, 0.05) is 48.6 Å². The number of hydrogen-bond acceptors (Lipinski definition) is 6. The van der Waals surface area contributed by atoms with Crippen molar-refractivity contribution in [1.29, 1.82) is 0 Å². The van der Waals surface area contributed by atoms with E-state index in [0.717, 1.165) is 42.7 Å². The molecule has 0 amide bonds. The molecule has 8 heteroatoms. The third-order valence-electron chi connectivity index (χ3n) is 4.40. The third-order valence-corrected chi connectivity index (χ3v) is 4.64. The van der Waals surface area contributed by atoms with Crippen molar-refractivity contribution in [2.24, 2.45) is 0 Å². The lowest BCUT2D eigenvalue weighted by Crippen LogP contribution is -2.47. The summed E-state index contributed by atoms with van der Waals surface area (Å²) in [6.45, 7) is 7.71. The van der Waals surface area contributed by atoms with Crippen LogP contribution in [0, 0.1) is 13.8 Å². The van der Waals surface area contributed by atoms with Crippen molar-refractivity contribution in [2.75, 3.05) is 36.0 Å². The number of rotatable bonds is 2. The topological polar surface area (TPSA) is 62.5 Å². The summed E-state index contributed by atoms with van der Waals surface area (Å²) in [5.74, 6) is 1.53. The lowest BCUT2D eigenvalue weighted by atomic mass is 10.1. The largest absolute Gasteiger partial charge is 0.368 e. The number of tetrazole rings is 1. The molecule has 7 nitrogen and oxygen atoms in total. The summed E-state index contributed by atoms with van der Waals surface area (Å²) in [5.41, 5.74) is 3.37. The Balaban J connectivity index is 1.57. The van der Waals surface area contributed by atoms with Gasteiger partial charge in [-0.3, -0.25) is 0 Å². The van der Waals surface area contributed by atoms with E-state index in [9.17, 15) is 0 Å². The van der Waals surface area contributed by atoms with E-state index in [1.165, 1.54) is 11.3 Å². The predicted molar refractivity (Wildman–Crippen MR) is 93.9 cm³/mol. The molecule has 1 saturated heterocycles. The first-order valence-corrected chi connectivity index (χ1v) is 8.31. The fraction of sp³-hybridized carbons (Fsp3) is 0.375. The van der Waals surface area contributed by atoms with Crippen LogP contribution in [0.5, 0.6) is 0 Å². The highest BCUT2D eigenvalue weighted by atomic mass is 35.5. The molecule has 0 unspecified atom stereocenters. The number of aromatic nitrogens is 5. The highest BCUT2D eigenvalue weighted by Gasteiger charge is 2.21. The molecule has 0 N–H and O–H groups in total. The van der Waals surface area contributed by atoms with Gasteiger partial charge in [0.25, 0.3) is 5.78 Å². The number of hydrogen-bond donors (Lipinski definition) is 0. The highest BCUT2D eigenvalue weighted by Crippen LogP contribution is 2.26. The molecular formula is C16H18ClN7. The maximum atomic E-state index is 6.16. The van der Waals surface area contributed by atoms with Gasteiger partial charge in [-0.2, -0.15) is 4.52 Å². The van der Waals surface area contributed by atoms with Gasteiger partial charge in [0.05, 0.1) is 0 Å². The van der Waals surface area contributed by atoms with Crippen LogP contribution in [-0.4, -0.2) is 51.2 Å². The summed E-state index contributed by atoms with van der Waals surface area (Å²) < 4.78 is 1.70. The molecule has 1 aromatic carbocycles. The lowest BCUT2D eigenvalue weighted by molar-refractivity contribution is 0.634. The minimum absolute atomic E-state index is 0.540. The number of nitrogens with zero attached hydrogens (tertiary/aromatic N) is 7. The number of piperazine rings is 1. The van der Waals surface area contributed by atoms with E-state index in [1.807, 2.05) is 25.1 Å². The van der Waals surface area contributed by atoms with Gasteiger partial charge >= 0.3 is 0 Å². The average molecular weight is 344 g/mol.